The second-order valence-electron chi connectivity index (χ2n) is 21.9. The fourth-order valence-corrected chi connectivity index (χ4v) is 10.1. The summed E-state index contributed by atoms with van der Waals surface area (Å²) in [6, 6.07) is 13.8. The summed E-state index contributed by atoms with van der Waals surface area (Å²) in [6.07, 6.45) is 5.47. The Balaban J connectivity index is 0.912. The van der Waals surface area contributed by atoms with Gasteiger partial charge in [0.05, 0.1) is 42.2 Å². The molecule has 0 saturated heterocycles. The van der Waals surface area contributed by atoms with Crippen molar-refractivity contribution in [3.63, 3.8) is 0 Å². The van der Waals surface area contributed by atoms with Crippen LogP contribution < -0.4 is 64.3 Å². The molecule has 8 rings (SSSR count). The number of primary amides is 3. The summed E-state index contributed by atoms with van der Waals surface area (Å²) in [4.78, 5) is 117. The number of hydrogen-bond acceptors (Lipinski definition) is 17. The van der Waals surface area contributed by atoms with Crippen molar-refractivity contribution in [1.29, 1.82) is 0 Å². The van der Waals surface area contributed by atoms with Crippen LogP contribution in [0.4, 0.5) is 21.2 Å². The van der Waals surface area contributed by atoms with Crippen LogP contribution in [0.3, 0.4) is 0 Å². The molecule has 30 nitrogen and oxygen atoms in total. The van der Waals surface area contributed by atoms with E-state index in [2.05, 4.69) is 42.1 Å². The molecule has 0 unspecified atom stereocenters. The lowest BCUT2D eigenvalue weighted by Gasteiger charge is -2.22. The maximum atomic E-state index is 14.0. The first-order valence-corrected chi connectivity index (χ1v) is 29.9. The van der Waals surface area contributed by atoms with E-state index in [1.54, 1.807) is 78.7 Å². The average molecular weight is 1260 g/mol. The highest BCUT2D eigenvalue weighted by Gasteiger charge is 2.27. The molecule has 0 bridgehead atoms. The summed E-state index contributed by atoms with van der Waals surface area (Å²) >= 11 is 0. The van der Waals surface area contributed by atoms with E-state index in [4.69, 9.17) is 52.1 Å². The maximum Gasteiger partial charge on any atom is 0.407 e. The lowest BCUT2D eigenvalue weighted by atomic mass is 10.0. The molecule has 2 atom stereocenters. The number of carbonyl (C=O) groups is 8. The number of amides is 9. The van der Waals surface area contributed by atoms with Gasteiger partial charge in [-0.25, -0.2) is 24.5 Å². The number of methoxy groups -OCH3 is 1. The number of fused-ring (bicyclic) bond motifs is 4. The molecule has 0 aliphatic rings. The molecule has 0 aliphatic heterocycles. The standard InChI is InChI=1S/C62H77N19O11/c1-8-80-45(26-35(5)76-80)55-70-32-42-41-28-38(53(64)83)30-47(90-7)51(41)78(56(42)74-55)23-10-11-24-79-52-44(73-61(79)75-58(86)46-27-36(6)77-81(46)9-2)29-39(54(65)84)31-48(52)91-25-13-21-67-49(82)19-22-69-62(89)92-33-37-15-17-40(18-16-37)71-57(85)43(14-12-20-68-60(66)88)72-59(87)50(63)34(3)4/h10-11,15-18,26-32,34,43,50H,8-9,12-14,19-25,33,63H2,1-7H3,(H2,64,83)(H2,65,84)(H,67,82)(H,69,89)(H,71,85)(H,72,87)(H3,66,68,88)(H,73,75,86)/b11-10+/t43-,50-/m0/s1. The van der Waals surface area contributed by atoms with Crippen LogP contribution in [-0.2, 0) is 51.9 Å². The third kappa shape index (κ3) is 16.5. The van der Waals surface area contributed by atoms with Crippen molar-refractivity contribution in [2.24, 2.45) is 28.9 Å². The Bertz CT molecular complexity index is 4090. The molecule has 9 amide bonds. The Morgan fingerprint density at radius 3 is 2.07 bits per heavy atom. The zero-order valence-corrected chi connectivity index (χ0v) is 52.3. The minimum atomic E-state index is -0.953. The van der Waals surface area contributed by atoms with Gasteiger partial charge in [0.2, 0.25) is 35.5 Å². The number of imidazole rings is 1. The van der Waals surface area contributed by atoms with Gasteiger partial charge in [0, 0.05) is 86.0 Å². The van der Waals surface area contributed by atoms with Crippen LogP contribution in [-0.4, -0.2) is 137 Å². The molecule has 3 aromatic carbocycles. The first-order valence-electron chi connectivity index (χ1n) is 29.9. The SMILES string of the molecule is CCn1nc(C)cc1C(=O)Nc1nc2cc(C(N)=O)cc(OCCCNC(=O)CCNC(=O)OCc3ccc(NC(=O)[C@H](CCCNC(N)=O)NC(=O)[C@@H](N)C(C)C)cc3)c2n1C/C=C/Cn1c2nc(-c3cc(C)nn3CC)ncc2c2cc(C(N)=O)cc(OC)c21. The van der Waals surface area contributed by atoms with E-state index in [0.717, 1.165) is 11.4 Å². The maximum absolute atomic E-state index is 14.0. The number of hydrogen-bond donors (Lipinski definition) is 10. The van der Waals surface area contributed by atoms with E-state index in [9.17, 15) is 38.4 Å². The fraction of sp³-hybridized carbons (Fsp3) is 0.371. The molecule has 5 aromatic heterocycles. The van der Waals surface area contributed by atoms with Crippen LogP contribution >= 0.6 is 0 Å². The molecule has 0 spiro atoms. The predicted octanol–water partition coefficient (Wildman–Crippen LogP) is 4.42. The molecular formula is C62H77N19O11. The number of allylic oxidation sites excluding steroid dienone is 2. The van der Waals surface area contributed by atoms with Gasteiger partial charge in [-0.05, 0) is 107 Å². The number of nitrogens with zero attached hydrogens (tertiary/aromatic N) is 9. The summed E-state index contributed by atoms with van der Waals surface area (Å²) in [5.41, 5.74) is 28.4. The van der Waals surface area contributed by atoms with Gasteiger partial charge in [0.1, 0.15) is 46.7 Å². The van der Waals surface area contributed by atoms with Crippen molar-refractivity contribution in [3.05, 3.63) is 113 Å². The first-order chi connectivity index (χ1) is 44.1. The molecule has 0 saturated carbocycles. The molecule has 0 fully saturated rings. The predicted molar refractivity (Wildman–Crippen MR) is 342 cm³/mol. The van der Waals surface area contributed by atoms with Crippen LogP contribution in [0.15, 0.2) is 79.0 Å². The van der Waals surface area contributed by atoms with Gasteiger partial charge >= 0.3 is 12.1 Å². The van der Waals surface area contributed by atoms with Crippen LogP contribution in [0.25, 0.3) is 44.5 Å². The number of alkyl carbamates (subject to hydrolysis) is 1. The van der Waals surface area contributed by atoms with Crippen LogP contribution in [0.5, 0.6) is 11.5 Å². The second kappa shape index (κ2) is 30.5. The van der Waals surface area contributed by atoms with Gasteiger partial charge in [0.25, 0.3) is 5.91 Å². The molecule has 0 aliphatic carbocycles. The third-order valence-corrected chi connectivity index (χ3v) is 14.8. The molecule has 30 heteroatoms. The fourth-order valence-electron chi connectivity index (χ4n) is 10.1. The molecule has 8 aromatic rings. The van der Waals surface area contributed by atoms with Crippen molar-refractivity contribution in [2.45, 2.75) is 112 Å². The van der Waals surface area contributed by atoms with Crippen molar-refractivity contribution in [1.82, 2.24) is 64.9 Å². The molecule has 0 radical (unpaired) electrons. The Labute approximate surface area is 528 Å². The number of aryl methyl sites for hydroxylation is 4. The summed E-state index contributed by atoms with van der Waals surface area (Å²) in [5, 5.41) is 26.5. The lowest BCUT2D eigenvalue weighted by molar-refractivity contribution is -0.128. The molecular weight excluding hydrogens is 1190 g/mol. The molecule has 92 heavy (non-hydrogen) atoms. The number of nitrogens with one attached hydrogen (secondary N) is 6. The van der Waals surface area contributed by atoms with E-state index in [1.807, 2.05) is 48.2 Å². The minimum absolute atomic E-state index is 0.0358. The van der Waals surface area contributed by atoms with E-state index >= 15 is 0 Å². The zero-order chi connectivity index (χ0) is 66.3. The second-order valence-corrected chi connectivity index (χ2v) is 21.9. The third-order valence-electron chi connectivity index (χ3n) is 14.8. The van der Waals surface area contributed by atoms with Gasteiger partial charge in [-0.2, -0.15) is 10.2 Å². The quantitative estimate of drug-likeness (QED) is 0.0212. The molecule has 486 valence electrons. The van der Waals surface area contributed by atoms with Gasteiger partial charge in [-0.15, -0.1) is 0 Å². The number of nitrogens with two attached hydrogens (primary N) is 4. The number of ether oxygens (including phenoxy) is 3. The van der Waals surface area contributed by atoms with Gasteiger partial charge in [-0.3, -0.25) is 43.4 Å². The summed E-state index contributed by atoms with van der Waals surface area (Å²) in [7, 11) is 1.50. The Morgan fingerprint density at radius 1 is 0.707 bits per heavy atom. The highest BCUT2D eigenvalue weighted by atomic mass is 16.5. The average Bonchev–Trinajstić information content (AvgIpc) is 1.59. The first kappa shape index (κ1) is 67.0. The lowest BCUT2D eigenvalue weighted by Crippen LogP contribution is -2.51. The number of benzene rings is 3. The van der Waals surface area contributed by atoms with Crippen molar-refractivity contribution in [2.75, 3.05) is 44.0 Å². The normalized spacial score (nSPS) is 12.1. The number of anilines is 2. The van der Waals surface area contributed by atoms with Gasteiger partial charge in [0.15, 0.2) is 5.82 Å². The van der Waals surface area contributed by atoms with E-state index in [1.165, 1.54) is 19.2 Å². The Kier molecular flexibility index (Phi) is 22.2. The largest absolute Gasteiger partial charge is 0.495 e. The van der Waals surface area contributed by atoms with Gasteiger partial charge < -0.3 is 72.9 Å². The molecule has 5 heterocycles. The number of aromatic nitrogens is 9. The van der Waals surface area contributed by atoms with Crippen LogP contribution in [0, 0.1) is 19.8 Å². The zero-order valence-electron chi connectivity index (χ0n) is 52.3. The monoisotopic (exact) mass is 1260 g/mol. The highest BCUT2D eigenvalue weighted by molar-refractivity contribution is 6.12. The minimum Gasteiger partial charge on any atom is -0.495 e. The summed E-state index contributed by atoms with van der Waals surface area (Å²) in [6.45, 7) is 12.7. The van der Waals surface area contributed by atoms with Crippen molar-refractivity contribution < 1.29 is 52.6 Å². The van der Waals surface area contributed by atoms with E-state index < -0.39 is 53.7 Å². The van der Waals surface area contributed by atoms with Crippen molar-refractivity contribution in [3.8, 4) is 23.0 Å². The van der Waals surface area contributed by atoms with Crippen molar-refractivity contribution >= 4 is 92.2 Å². The number of carbonyl (C=O) groups excluding carboxylic acids is 8. The Hall–Kier alpha value is -10.9. The molecule has 14 N–H and O–H groups in total. The van der Waals surface area contributed by atoms with E-state index in [0.29, 0.717) is 87.6 Å². The Morgan fingerprint density at radius 2 is 1.38 bits per heavy atom. The summed E-state index contributed by atoms with van der Waals surface area (Å²) in [5.74, 6) is -2.24. The van der Waals surface area contributed by atoms with E-state index in [-0.39, 0.29) is 98.9 Å². The number of rotatable bonds is 31. The topological polar surface area (TPSA) is 425 Å². The summed E-state index contributed by atoms with van der Waals surface area (Å²) < 4.78 is 24.6. The van der Waals surface area contributed by atoms with Gasteiger partial charge in [-0.1, -0.05) is 38.1 Å². The number of urea groups is 1. The smallest absolute Gasteiger partial charge is 0.407 e. The van der Waals surface area contributed by atoms with Crippen LogP contribution in [0.1, 0.15) is 102 Å². The van der Waals surface area contributed by atoms with Crippen LogP contribution in [0.2, 0.25) is 0 Å². The highest BCUT2D eigenvalue weighted by Crippen LogP contribution is 2.37.